The number of hydrogen-bond acceptors (Lipinski definition) is 1. The van der Waals surface area contributed by atoms with Gasteiger partial charge in [0.15, 0.2) is 0 Å². The fourth-order valence-corrected chi connectivity index (χ4v) is 7.18. The molecule has 8 aromatic rings. The molecule has 0 fully saturated rings. The van der Waals surface area contributed by atoms with E-state index in [0.29, 0.717) is 32.6 Å². The third-order valence-electron chi connectivity index (χ3n) is 9.43. The number of fused-ring (bicyclic) bond motifs is 6. The zero-order chi connectivity index (χ0) is 37.6. The molecular formula is C41H22F9N3. The lowest BCUT2D eigenvalue weighted by Crippen LogP contribution is -2.08. The standard InChI is InChI=1S/C41H22F9N3/c1-22-14-23(16-27(15-22)41(48,49)50)32-20-38(53-34-9-5-3-7-29(34)31-13-11-26(19-36(31)53)40(45,46)47)37(17-24(32)21-51)52-33-8-4-2-6-28(33)30-12-10-25(18-35(30)52)39(42,43)44/h2-20H,1H3. The Hall–Kier alpha value is -6.22. The van der Waals surface area contributed by atoms with Gasteiger partial charge in [0.2, 0.25) is 0 Å². The van der Waals surface area contributed by atoms with Crippen molar-refractivity contribution in [3.05, 3.63) is 143 Å². The van der Waals surface area contributed by atoms with E-state index in [4.69, 9.17) is 0 Å². The highest BCUT2D eigenvalue weighted by Crippen LogP contribution is 2.44. The number of aryl methyl sites for hydroxylation is 1. The second-order valence-corrected chi connectivity index (χ2v) is 12.7. The van der Waals surface area contributed by atoms with Gasteiger partial charge in [-0.25, -0.2) is 0 Å². The summed E-state index contributed by atoms with van der Waals surface area (Å²) in [6.45, 7) is 1.46. The zero-order valence-electron chi connectivity index (χ0n) is 27.2. The van der Waals surface area contributed by atoms with Crippen molar-refractivity contribution in [2.75, 3.05) is 0 Å². The van der Waals surface area contributed by atoms with Crippen molar-refractivity contribution in [1.29, 1.82) is 5.26 Å². The van der Waals surface area contributed by atoms with Crippen LogP contribution in [0.4, 0.5) is 39.5 Å². The summed E-state index contributed by atoms with van der Waals surface area (Å²) in [5.41, 5.74) is -1.51. The van der Waals surface area contributed by atoms with Gasteiger partial charge in [-0.2, -0.15) is 44.8 Å². The van der Waals surface area contributed by atoms with E-state index in [1.807, 2.05) is 6.07 Å². The van der Waals surface area contributed by atoms with Crippen LogP contribution in [-0.2, 0) is 18.5 Å². The van der Waals surface area contributed by atoms with Crippen LogP contribution in [-0.4, -0.2) is 9.13 Å². The Labute approximate surface area is 294 Å². The fourth-order valence-electron chi connectivity index (χ4n) is 7.18. The number of rotatable bonds is 3. The van der Waals surface area contributed by atoms with Gasteiger partial charge in [0, 0.05) is 27.1 Å². The van der Waals surface area contributed by atoms with Crippen LogP contribution in [0.25, 0.3) is 66.1 Å². The lowest BCUT2D eigenvalue weighted by Gasteiger charge is -2.20. The second-order valence-electron chi connectivity index (χ2n) is 12.7. The minimum absolute atomic E-state index is 0.0139. The minimum atomic E-state index is -4.75. The van der Waals surface area contributed by atoms with Gasteiger partial charge >= 0.3 is 18.5 Å². The van der Waals surface area contributed by atoms with Crippen LogP contribution in [0, 0.1) is 18.3 Å². The normalized spacial score (nSPS) is 12.7. The van der Waals surface area contributed by atoms with Crippen molar-refractivity contribution in [2.45, 2.75) is 25.5 Å². The Balaban J connectivity index is 1.58. The van der Waals surface area contributed by atoms with Crippen molar-refractivity contribution in [2.24, 2.45) is 0 Å². The van der Waals surface area contributed by atoms with Crippen molar-refractivity contribution in [1.82, 2.24) is 9.13 Å². The summed E-state index contributed by atoms with van der Waals surface area (Å²) in [7, 11) is 0. The smallest absolute Gasteiger partial charge is 0.307 e. The number of halogens is 9. The molecule has 3 nitrogen and oxygen atoms in total. The van der Waals surface area contributed by atoms with Crippen LogP contribution in [0.1, 0.15) is 27.8 Å². The highest BCUT2D eigenvalue weighted by atomic mass is 19.4. The SMILES string of the molecule is Cc1cc(-c2cc(-n3c4ccccc4c4ccc(C(F)(F)F)cc43)c(-n3c4ccccc4c4ccc(C(F)(F)F)cc43)cc2C#N)cc(C(F)(F)F)c1. The first-order valence-electron chi connectivity index (χ1n) is 16.0. The van der Waals surface area contributed by atoms with E-state index in [0.717, 1.165) is 36.4 Å². The van der Waals surface area contributed by atoms with Gasteiger partial charge in [-0.15, -0.1) is 0 Å². The molecule has 0 saturated carbocycles. The molecule has 264 valence electrons. The number of nitriles is 1. The van der Waals surface area contributed by atoms with Gasteiger partial charge < -0.3 is 9.13 Å². The molecule has 0 amide bonds. The molecule has 0 aliphatic carbocycles. The zero-order valence-corrected chi connectivity index (χ0v) is 27.2. The lowest BCUT2D eigenvalue weighted by atomic mass is 9.95. The van der Waals surface area contributed by atoms with Gasteiger partial charge in [-0.1, -0.05) is 54.6 Å². The first-order valence-corrected chi connectivity index (χ1v) is 16.0. The third kappa shape index (κ3) is 5.55. The maximum atomic E-state index is 14.2. The largest absolute Gasteiger partial charge is 0.416 e. The quantitative estimate of drug-likeness (QED) is 0.167. The van der Waals surface area contributed by atoms with E-state index >= 15 is 0 Å². The second kappa shape index (κ2) is 11.6. The summed E-state index contributed by atoms with van der Waals surface area (Å²) in [4.78, 5) is 0. The monoisotopic (exact) mass is 727 g/mol. The molecule has 53 heavy (non-hydrogen) atoms. The Bertz CT molecular complexity index is 2830. The van der Waals surface area contributed by atoms with Gasteiger partial charge in [0.25, 0.3) is 0 Å². The molecule has 0 atom stereocenters. The Morgan fingerprint density at radius 3 is 1.40 bits per heavy atom. The average molecular weight is 728 g/mol. The van der Waals surface area contributed by atoms with Crippen LogP contribution in [0.3, 0.4) is 0 Å². The third-order valence-corrected chi connectivity index (χ3v) is 9.43. The molecule has 0 N–H and O–H groups in total. The van der Waals surface area contributed by atoms with E-state index < -0.39 is 35.2 Å². The first-order chi connectivity index (χ1) is 25.0. The summed E-state index contributed by atoms with van der Waals surface area (Å²) in [6.07, 6.45) is -14.2. The number of alkyl halides is 9. The maximum absolute atomic E-state index is 14.2. The van der Waals surface area contributed by atoms with Crippen LogP contribution in [0.2, 0.25) is 0 Å². The molecule has 0 aliphatic heterocycles. The summed E-state index contributed by atoms with van der Waals surface area (Å²) < 4.78 is 130. The Morgan fingerprint density at radius 1 is 0.472 bits per heavy atom. The predicted octanol–water partition coefficient (Wildman–Crippen LogP) is 12.8. The molecule has 0 radical (unpaired) electrons. The van der Waals surface area contributed by atoms with Gasteiger partial charge in [0.1, 0.15) is 0 Å². The average Bonchev–Trinajstić information content (AvgIpc) is 3.62. The number of benzene rings is 6. The molecular weight excluding hydrogens is 705 g/mol. The van der Waals surface area contributed by atoms with Gasteiger partial charge in [-0.05, 0) is 78.7 Å². The van der Waals surface area contributed by atoms with E-state index in [-0.39, 0.29) is 44.7 Å². The molecule has 0 spiro atoms. The topological polar surface area (TPSA) is 33.6 Å². The van der Waals surface area contributed by atoms with Crippen molar-refractivity contribution < 1.29 is 39.5 Å². The van der Waals surface area contributed by atoms with E-state index in [1.165, 1.54) is 46.4 Å². The van der Waals surface area contributed by atoms with Crippen molar-refractivity contribution in [3.63, 3.8) is 0 Å². The fraction of sp³-hybridized carbons (Fsp3) is 0.0976. The molecule has 0 unspecified atom stereocenters. The van der Waals surface area contributed by atoms with Crippen LogP contribution in [0.15, 0.2) is 115 Å². The number of nitrogens with zero attached hydrogens (tertiary/aromatic N) is 3. The summed E-state index contributed by atoms with van der Waals surface area (Å²) in [5.74, 6) is 0. The number of para-hydroxylation sites is 2. The van der Waals surface area contributed by atoms with E-state index in [9.17, 15) is 44.8 Å². The van der Waals surface area contributed by atoms with E-state index in [1.54, 1.807) is 48.5 Å². The van der Waals surface area contributed by atoms with Crippen LogP contribution < -0.4 is 0 Å². The molecule has 2 aromatic heterocycles. The highest BCUT2D eigenvalue weighted by molar-refractivity contribution is 6.12. The molecule has 6 aromatic carbocycles. The molecule has 0 saturated heterocycles. The van der Waals surface area contributed by atoms with Gasteiger partial charge in [-0.3, -0.25) is 0 Å². The molecule has 0 bridgehead atoms. The molecule has 0 aliphatic rings. The summed E-state index contributed by atoms with van der Waals surface area (Å²) >= 11 is 0. The Kier molecular flexibility index (Phi) is 7.45. The number of hydrogen-bond donors (Lipinski definition) is 0. The summed E-state index contributed by atoms with van der Waals surface area (Å²) in [5, 5.41) is 12.5. The van der Waals surface area contributed by atoms with Crippen LogP contribution >= 0.6 is 0 Å². The van der Waals surface area contributed by atoms with E-state index in [2.05, 4.69) is 0 Å². The van der Waals surface area contributed by atoms with Crippen LogP contribution in [0.5, 0.6) is 0 Å². The predicted molar refractivity (Wildman–Crippen MR) is 185 cm³/mol. The molecule has 8 rings (SSSR count). The molecule has 12 heteroatoms. The van der Waals surface area contributed by atoms with Gasteiger partial charge in [0.05, 0.1) is 61.8 Å². The Morgan fingerprint density at radius 2 is 0.925 bits per heavy atom. The lowest BCUT2D eigenvalue weighted by molar-refractivity contribution is -0.138. The summed E-state index contributed by atoms with van der Waals surface area (Å²) in [6, 6.07) is 28.1. The maximum Gasteiger partial charge on any atom is 0.416 e. The highest BCUT2D eigenvalue weighted by Gasteiger charge is 2.34. The number of aromatic nitrogens is 2. The first kappa shape index (κ1) is 33.9. The van der Waals surface area contributed by atoms with Crippen molar-refractivity contribution in [3.8, 4) is 28.6 Å². The van der Waals surface area contributed by atoms with Crippen molar-refractivity contribution >= 4 is 43.6 Å². The molecule has 2 heterocycles. The minimum Gasteiger partial charge on any atom is -0.307 e.